The zero-order valence-corrected chi connectivity index (χ0v) is 49.8. The monoisotopic (exact) mass is 1160 g/mol. The first kappa shape index (κ1) is 73.5. The first-order chi connectivity index (χ1) is 39.3. The van der Waals surface area contributed by atoms with Crippen molar-refractivity contribution in [3.05, 3.63) is 24.3 Å². The lowest BCUT2D eigenvalue weighted by Gasteiger charge is -2.48. The van der Waals surface area contributed by atoms with Gasteiger partial charge in [0.2, 0.25) is 5.91 Å². The molecule has 3 aliphatic heterocycles. The minimum atomic E-state index is -1.98. The van der Waals surface area contributed by atoms with Crippen molar-refractivity contribution < 1.29 is 89.4 Å². The van der Waals surface area contributed by atoms with Crippen LogP contribution in [0.2, 0.25) is 0 Å². The maximum Gasteiger partial charge on any atom is 0.220 e. The van der Waals surface area contributed by atoms with Crippen molar-refractivity contribution in [3.8, 4) is 0 Å². The van der Waals surface area contributed by atoms with E-state index < -0.39 is 124 Å². The Bertz CT molecular complexity index is 1580. The van der Waals surface area contributed by atoms with E-state index in [1.165, 1.54) is 161 Å². The summed E-state index contributed by atoms with van der Waals surface area (Å²) in [5.41, 5.74) is 0. The Balaban J connectivity index is 1.48. The molecule has 476 valence electrons. The van der Waals surface area contributed by atoms with Crippen LogP contribution >= 0.6 is 0 Å². The van der Waals surface area contributed by atoms with Gasteiger partial charge in [-0.05, 0) is 32.1 Å². The Labute approximate surface area is 486 Å². The van der Waals surface area contributed by atoms with Gasteiger partial charge in [-0.1, -0.05) is 218 Å². The smallest absolute Gasteiger partial charge is 0.220 e. The predicted molar refractivity (Wildman–Crippen MR) is 310 cm³/mol. The molecule has 17 atom stereocenters. The Kier molecular flexibility index (Phi) is 41.4. The molecule has 3 saturated heterocycles. The van der Waals surface area contributed by atoms with Crippen molar-refractivity contribution in [1.29, 1.82) is 0 Å². The lowest BCUT2D eigenvalue weighted by Crippen LogP contribution is -2.66. The SMILES string of the molecule is CCCCCCCCCCC/C=C/CC/C=C/C(O)C(COC1OC(CO)C(OC2OC(CO)C(OC3OC(CO)C(O)C(O)C3O)C(O)C2O)C(O)C1O)NC(=O)CCCCCCCCCCCCCCCCCCCCCCC. The number of carbonyl (C=O) groups is 1. The highest BCUT2D eigenvalue weighted by atomic mass is 16.8. The highest BCUT2D eigenvalue weighted by Gasteiger charge is 2.53. The molecule has 81 heavy (non-hydrogen) atoms. The Morgan fingerprint density at radius 3 is 1.23 bits per heavy atom. The van der Waals surface area contributed by atoms with E-state index in [1.807, 2.05) is 6.08 Å². The number of amides is 1. The van der Waals surface area contributed by atoms with Gasteiger partial charge < -0.3 is 89.9 Å². The number of aliphatic hydroxyl groups excluding tert-OH is 11. The van der Waals surface area contributed by atoms with Crippen LogP contribution in [-0.2, 0) is 33.2 Å². The summed E-state index contributed by atoms with van der Waals surface area (Å²) < 4.78 is 34.3. The third-order valence-electron chi connectivity index (χ3n) is 16.3. The van der Waals surface area contributed by atoms with Crippen molar-refractivity contribution in [2.24, 2.45) is 0 Å². The molecule has 17 unspecified atom stereocenters. The Morgan fingerprint density at radius 1 is 0.432 bits per heavy atom. The fraction of sp³-hybridized carbons (Fsp3) is 0.919. The van der Waals surface area contributed by atoms with E-state index >= 15 is 0 Å². The molecule has 3 fully saturated rings. The largest absolute Gasteiger partial charge is 0.394 e. The molecule has 3 aliphatic rings. The maximum atomic E-state index is 13.3. The summed E-state index contributed by atoms with van der Waals surface area (Å²) in [5, 5.41) is 120. The highest BCUT2D eigenvalue weighted by Crippen LogP contribution is 2.33. The number of ether oxygens (including phenoxy) is 6. The highest BCUT2D eigenvalue weighted by molar-refractivity contribution is 5.76. The molecule has 0 spiro atoms. The summed E-state index contributed by atoms with van der Waals surface area (Å²) in [4.78, 5) is 13.3. The molecular formula is C62H115NO18. The van der Waals surface area contributed by atoms with Crippen molar-refractivity contribution in [2.75, 3.05) is 26.4 Å². The predicted octanol–water partition coefficient (Wildman–Crippen LogP) is 6.71. The molecule has 3 rings (SSSR count). The summed E-state index contributed by atoms with van der Waals surface area (Å²) >= 11 is 0. The molecule has 19 nitrogen and oxygen atoms in total. The van der Waals surface area contributed by atoms with Crippen LogP contribution in [0.5, 0.6) is 0 Å². The normalized spacial score (nSPS) is 29.9. The van der Waals surface area contributed by atoms with Crippen LogP contribution < -0.4 is 5.32 Å². The average Bonchev–Trinajstić information content (AvgIpc) is 3.51. The van der Waals surface area contributed by atoms with E-state index in [1.54, 1.807) is 6.08 Å². The van der Waals surface area contributed by atoms with Gasteiger partial charge in [0.15, 0.2) is 18.9 Å². The van der Waals surface area contributed by atoms with E-state index in [0.717, 1.165) is 38.5 Å². The summed E-state index contributed by atoms with van der Waals surface area (Å²) in [6, 6.07) is -0.985. The van der Waals surface area contributed by atoms with E-state index in [0.29, 0.717) is 12.8 Å². The second-order valence-electron chi connectivity index (χ2n) is 23.2. The summed E-state index contributed by atoms with van der Waals surface area (Å²) in [6.07, 6.45) is 21.6. The number of allylic oxidation sites excluding steroid dienone is 3. The van der Waals surface area contributed by atoms with E-state index in [9.17, 15) is 61.0 Å². The molecular weight excluding hydrogens is 1050 g/mol. The zero-order valence-electron chi connectivity index (χ0n) is 49.8. The van der Waals surface area contributed by atoms with Crippen molar-refractivity contribution >= 4 is 5.91 Å². The van der Waals surface area contributed by atoms with E-state index in [4.69, 9.17) is 28.4 Å². The van der Waals surface area contributed by atoms with E-state index in [-0.39, 0.29) is 18.9 Å². The standard InChI is InChI=1S/C62H115NO18/c1-3-5-7-9-11-13-15-17-19-20-21-22-23-24-26-28-30-32-34-36-38-40-50(68)63-45(46(67)39-37-35-33-31-29-27-25-18-16-14-12-10-8-6-4-2)44-76-60-56(74)53(71)58(48(42-65)78-60)81-62-57(75)54(72)59(49(43-66)79-62)80-61-55(73)52(70)51(69)47(41-64)77-61/h29,31,37,39,45-49,51-62,64-67,69-75H,3-28,30,32-36,38,40-44H2,1-2H3,(H,63,68)/b31-29+,39-37+. The molecule has 0 aliphatic carbocycles. The first-order valence-electron chi connectivity index (χ1n) is 32.1. The van der Waals surface area contributed by atoms with Crippen LogP contribution in [0.3, 0.4) is 0 Å². The fourth-order valence-corrected chi connectivity index (χ4v) is 11.0. The van der Waals surface area contributed by atoms with Gasteiger partial charge in [0, 0.05) is 6.42 Å². The fourth-order valence-electron chi connectivity index (χ4n) is 11.0. The quantitative estimate of drug-likeness (QED) is 0.0222. The zero-order chi connectivity index (χ0) is 59.0. The van der Waals surface area contributed by atoms with Gasteiger partial charge in [0.05, 0.1) is 38.6 Å². The van der Waals surface area contributed by atoms with Gasteiger partial charge in [-0.25, -0.2) is 0 Å². The first-order valence-corrected chi connectivity index (χ1v) is 32.1. The third-order valence-corrected chi connectivity index (χ3v) is 16.3. The third kappa shape index (κ3) is 29.0. The summed E-state index contributed by atoms with van der Waals surface area (Å²) in [5.74, 6) is -0.282. The van der Waals surface area contributed by atoms with Crippen LogP contribution in [0.1, 0.15) is 232 Å². The maximum absolute atomic E-state index is 13.3. The number of unbranched alkanes of at least 4 members (excludes halogenated alkanes) is 30. The van der Waals surface area contributed by atoms with Crippen LogP contribution in [0.25, 0.3) is 0 Å². The van der Waals surface area contributed by atoms with Crippen molar-refractivity contribution in [3.63, 3.8) is 0 Å². The lowest BCUT2D eigenvalue weighted by molar-refractivity contribution is -0.379. The number of carbonyl (C=O) groups excluding carboxylic acids is 1. The molecule has 0 aromatic heterocycles. The molecule has 0 radical (unpaired) electrons. The minimum absolute atomic E-state index is 0.240. The molecule has 0 aromatic carbocycles. The molecule has 0 aromatic rings. The van der Waals surface area contributed by atoms with Crippen molar-refractivity contribution in [1.82, 2.24) is 5.32 Å². The topological polar surface area (TPSA) is 307 Å². The number of rotatable bonds is 48. The Hall–Kier alpha value is -1.73. The molecule has 3 heterocycles. The number of hydrogen-bond donors (Lipinski definition) is 12. The van der Waals surface area contributed by atoms with Crippen LogP contribution in [-0.4, -0.2) is 193 Å². The Morgan fingerprint density at radius 2 is 0.790 bits per heavy atom. The number of aliphatic hydroxyl groups is 11. The van der Waals surface area contributed by atoms with Gasteiger partial charge in [0.25, 0.3) is 0 Å². The summed E-state index contributed by atoms with van der Waals surface area (Å²) in [6.45, 7) is 1.72. The van der Waals surface area contributed by atoms with Gasteiger partial charge >= 0.3 is 0 Å². The van der Waals surface area contributed by atoms with Crippen LogP contribution in [0.4, 0.5) is 0 Å². The van der Waals surface area contributed by atoms with Gasteiger partial charge in [-0.3, -0.25) is 4.79 Å². The molecule has 1 amide bonds. The molecule has 12 N–H and O–H groups in total. The van der Waals surface area contributed by atoms with E-state index in [2.05, 4.69) is 31.3 Å². The average molecular weight is 1160 g/mol. The van der Waals surface area contributed by atoms with Crippen molar-refractivity contribution in [2.45, 2.75) is 336 Å². The second kappa shape index (κ2) is 45.6. The number of hydrogen-bond acceptors (Lipinski definition) is 18. The molecule has 0 bridgehead atoms. The lowest BCUT2D eigenvalue weighted by atomic mass is 9.96. The van der Waals surface area contributed by atoms with Gasteiger partial charge in [0.1, 0.15) is 73.2 Å². The molecule has 19 heteroatoms. The second-order valence-corrected chi connectivity index (χ2v) is 23.2. The van der Waals surface area contributed by atoms with Crippen LogP contribution in [0.15, 0.2) is 24.3 Å². The van der Waals surface area contributed by atoms with Gasteiger partial charge in [-0.2, -0.15) is 0 Å². The summed E-state index contributed by atoms with van der Waals surface area (Å²) in [7, 11) is 0. The number of nitrogens with one attached hydrogen (secondary N) is 1. The molecule has 0 saturated carbocycles. The minimum Gasteiger partial charge on any atom is -0.394 e. The van der Waals surface area contributed by atoms with Crippen LogP contribution in [0, 0.1) is 0 Å². The van der Waals surface area contributed by atoms with Gasteiger partial charge in [-0.15, -0.1) is 0 Å².